The van der Waals surface area contributed by atoms with Crippen LogP contribution in [0.3, 0.4) is 0 Å². The van der Waals surface area contributed by atoms with Gasteiger partial charge in [-0.3, -0.25) is 0 Å². The van der Waals surface area contributed by atoms with Gasteiger partial charge < -0.3 is 15.4 Å². The predicted molar refractivity (Wildman–Crippen MR) is 65.5 cm³/mol. The number of nitrogens with zero attached hydrogens (tertiary/aromatic N) is 2. The van der Waals surface area contributed by atoms with Gasteiger partial charge in [-0.25, -0.2) is 4.98 Å². The van der Waals surface area contributed by atoms with Crippen molar-refractivity contribution in [3.8, 4) is 0 Å². The fourth-order valence-electron chi connectivity index (χ4n) is 2.23. The van der Waals surface area contributed by atoms with Crippen LogP contribution in [-0.4, -0.2) is 30.8 Å². The SMILES string of the molecule is CCN(c1ncccc1N)C1CCOCC1. The number of ether oxygens (including phenoxy) is 1. The number of aromatic nitrogens is 1. The van der Waals surface area contributed by atoms with Gasteiger partial charge in [-0.15, -0.1) is 0 Å². The zero-order valence-corrected chi connectivity index (χ0v) is 9.72. The molecule has 2 heterocycles. The van der Waals surface area contributed by atoms with Crippen molar-refractivity contribution in [2.45, 2.75) is 25.8 Å². The van der Waals surface area contributed by atoms with Crippen LogP contribution in [-0.2, 0) is 4.74 Å². The molecule has 1 saturated heterocycles. The van der Waals surface area contributed by atoms with Crippen LogP contribution in [0.5, 0.6) is 0 Å². The van der Waals surface area contributed by atoms with Gasteiger partial charge in [0.15, 0.2) is 5.82 Å². The second-order valence-corrected chi connectivity index (χ2v) is 4.05. The maximum atomic E-state index is 5.97. The second kappa shape index (κ2) is 5.16. The highest BCUT2D eigenvalue weighted by Gasteiger charge is 2.22. The van der Waals surface area contributed by atoms with Crippen LogP contribution >= 0.6 is 0 Å². The summed E-state index contributed by atoms with van der Waals surface area (Å²) in [6.07, 6.45) is 3.92. The summed E-state index contributed by atoms with van der Waals surface area (Å²) < 4.78 is 5.38. The highest BCUT2D eigenvalue weighted by atomic mass is 16.5. The van der Waals surface area contributed by atoms with E-state index in [-0.39, 0.29) is 0 Å². The highest BCUT2D eigenvalue weighted by Crippen LogP contribution is 2.25. The Bertz CT molecular complexity index is 337. The summed E-state index contributed by atoms with van der Waals surface area (Å²) in [5.41, 5.74) is 6.73. The molecule has 0 saturated carbocycles. The molecule has 0 radical (unpaired) electrons. The minimum Gasteiger partial charge on any atom is -0.396 e. The van der Waals surface area contributed by atoms with E-state index in [4.69, 9.17) is 10.5 Å². The van der Waals surface area contributed by atoms with Gasteiger partial charge in [0.25, 0.3) is 0 Å². The van der Waals surface area contributed by atoms with Gasteiger partial charge in [0.2, 0.25) is 0 Å². The van der Waals surface area contributed by atoms with E-state index in [2.05, 4.69) is 16.8 Å². The summed E-state index contributed by atoms with van der Waals surface area (Å²) in [4.78, 5) is 6.67. The Morgan fingerprint density at radius 2 is 2.25 bits per heavy atom. The minimum absolute atomic E-state index is 0.510. The normalized spacial score (nSPS) is 17.3. The summed E-state index contributed by atoms with van der Waals surface area (Å²) in [7, 11) is 0. The third-order valence-corrected chi connectivity index (χ3v) is 3.06. The van der Waals surface area contributed by atoms with E-state index in [9.17, 15) is 0 Å². The van der Waals surface area contributed by atoms with E-state index in [1.807, 2.05) is 12.1 Å². The molecule has 0 amide bonds. The highest BCUT2D eigenvalue weighted by molar-refractivity contribution is 5.62. The Hall–Kier alpha value is -1.29. The fraction of sp³-hybridized carbons (Fsp3) is 0.583. The molecule has 88 valence electrons. The maximum Gasteiger partial charge on any atom is 0.151 e. The lowest BCUT2D eigenvalue weighted by Gasteiger charge is -2.34. The number of hydrogen-bond acceptors (Lipinski definition) is 4. The van der Waals surface area contributed by atoms with Crippen molar-refractivity contribution in [1.82, 2.24) is 4.98 Å². The molecule has 16 heavy (non-hydrogen) atoms. The van der Waals surface area contributed by atoms with Crippen LogP contribution in [0, 0.1) is 0 Å². The lowest BCUT2D eigenvalue weighted by Crippen LogP contribution is -2.40. The predicted octanol–water partition coefficient (Wildman–Crippen LogP) is 1.67. The van der Waals surface area contributed by atoms with Gasteiger partial charge in [0.1, 0.15) is 0 Å². The van der Waals surface area contributed by atoms with Crippen molar-refractivity contribution in [3.63, 3.8) is 0 Å². The molecule has 0 bridgehead atoms. The van der Waals surface area contributed by atoms with Crippen molar-refractivity contribution in [1.29, 1.82) is 0 Å². The summed E-state index contributed by atoms with van der Waals surface area (Å²) >= 11 is 0. The molecule has 1 aromatic heterocycles. The van der Waals surface area contributed by atoms with Crippen LogP contribution in [0.1, 0.15) is 19.8 Å². The molecule has 2 N–H and O–H groups in total. The zero-order valence-electron chi connectivity index (χ0n) is 9.72. The third kappa shape index (κ3) is 2.27. The Morgan fingerprint density at radius 3 is 2.88 bits per heavy atom. The fourth-order valence-corrected chi connectivity index (χ4v) is 2.23. The molecule has 4 nitrogen and oxygen atoms in total. The number of nitrogen functional groups attached to an aromatic ring is 1. The van der Waals surface area contributed by atoms with E-state index in [1.165, 1.54) is 0 Å². The summed E-state index contributed by atoms with van der Waals surface area (Å²) in [5.74, 6) is 0.914. The average molecular weight is 221 g/mol. The number of hydrogen-bond donors (Lipinski definition) is 1. The van der Waals surface area contributed by atoms with Crippen LogP contribution < -0.4 is 10.6 Å². The Kier molecular flexibility index (Phi) is 3.62. The number of rotatable bonds is 3. The van der Waals surface area contributed by atoms with Gasteiger partial charge in [-0.2, -0.15) is 0 Å². The molecular weight excluding hydrogens is 202 g/mol. The van der Waals surface area contributed by atoms with Gasteiger partial charge >= 0.3 is 0 Å². The Morgan fingerprint density at radius 1 is 1.50 bits per heavy atom. The van der Waals surface area contributed by atoms with Crippen molar-refractivity contribution in [2.75, 3.05) is 30.4 Å². The minimum atomic E-state index is 0.510. The molecule has 0 atom stereocenters. The number of nitrogens with two attached hydrogens (primary N) is 1. The lowest BCUT2D eigenvalue weighted by molar-refractivity contribution is 0.0845. The van der Waals surface area contributed by atoms with E-state index in [1.54, 1.807) is 6.20 Å². The van der Waals surface area contributed by atoms with Crippen molar-refractivity contribution in [3.05, 3.63) is 18.3 Å². The standard InChI is InChI=1S/C12H19N3O/c1-2-15(10-5-8-16-9-6-10)12-11(13)4-3-7-14-12/h3-4,7,10H,2,5-6,8-9,13H2,1H3. The molecule has 1 aliphatic heterocycles. The van der Waals surface area contributed by atoms with Crippen molar-refractivity contribution in [2.24, 2.45) is 0 Å². The zero-order chi connectivity index (χ0) is 11.4. The van der Waals surface area contributed by atoms with Crippen LogP contribution in [0.4, 0.5) is 11.5 Å². The molecule has 1 aromatic rings. The quantitative estimate of drug-likeness (QED) is 0.843. The monoisotopic (exact) mass is 221 g/mol. The van der Waals surface area contributed by atoms with Gasteiger partial charge in [0.05, 0.1) is 5.69 Å². The first-order valence-electron chi connectivity index (χ1n) is 5.87. The summed E-state index contributed by atoms with van der Waals surface area (Å²) in [6, 6.07) is 4.29. The average Bonchev–Trinajstić information content (AvgIpc) is 2.34. The second-order valence-electron chi connectivity index (χ2n) is 4.05. The molecule has 0 spiro atoms. The molecule has 1 aliphatic rings. The van der Waals surface area contributed by atoms with E-state index in [0.717, 1.165) is 44.1 Å². The molecule has 4 heteroatoms. The summed E-state index contributed by atoms with van der Waals surface area (Å²) in [6.45, 7) is 4.76. The first-order valence-corrected chi connectivity index (χ1v) is 5.87. The van der Waals surface area contributed by atoms with Crippen molar-refractivity contribution >= 4 is 11.5 Å². The third-order valence-electron chi connectivity index (χ3n) is 3.06. The largest absolute Gasteiger partial charge is 0.396 e. The van der Waals surface area contributed by atoms with Crippen LogP contribution in [0.2, 0.25) is 0 Å². The van der Waals surface area contributed by atoms with E-state index >= 15 is 0 Å². The molecule has 0 unspecified atom stereocenters. The molecule has 1 fully saturated rings. The lowest BCUT2D eigenvalue weighted by atomic mass is 10.1. The Labute approximate surface area is 96.4 Å². The van der Waals surface area contributed by atoms with E-state index in [0.29, 0.717) is 6.04 Å². The van der Waals surface area contributed by atoms with Gasteiger partial charge in [-0.1, -0.05) is 0 Å². The van der Waals surface area contributed by atoms with Crippen LogP contribution in [0.25, 0.3) is 0 Å². The maximum absolute atomic E-state index is 5.97. The first-order chi connectivity index (χ1) is 7.83. The van der Waals surface area contributed by atoms with Crippen LogP contribution in [0.15, 0.2) is 18.3 Å². The smallest absolute Gasteiger partial charge is 0.151 e. The molecular formula is C12H19N3O. The topological polar surface area (TPSA) is 51.4 Å². The molecule has 0 aromatic carbocycles. The molecule has 2 rings (SSSR count). The first kappa shape index (κ1) is 11.2. The number of anilines is 2. The summed E-state index contributed by atoms with van der Waals surface area (Å²) in [5, 5.41) is 0. The van der Waals surface area contributed by atoms with Gasteiger partial charge in [0, 0.05) is 32.0 Å². The Balaban J connectivity index is 2.18. The van der Waals surface area contributed by atoms with E-state index < -0.39 is 0 Å². The van der Waals surface area contributed by atoms with Crippen molar-refractivity contribution < 1.29 is 4.74 Å². The molecule has 0 aliphatic carbocycles. The van der Waals surface area contributed by atoms with Gasteiger partial charge in [-0.05, 0) is 31.9 Å². The number of pyridine rings is 1.